The zero-order valence-corrected chi connectivity index (χ0v) is 11.9. The van der Waals surface area contributed by atoms with E-state index in [4.69, 9.17) is 0 Å². The zero-order valence-electron chi connectivity index (χ0n) is 11.9. The predicted octanol–water partition coefficient (Wildman–Crippen LogP) is 1.93. The summed E-state index contributed by atoms with van der Waals surface area (Å²) >= 11 is 0. The summed E-state index contributed by atoms with van der Waals surface area (Å²) in [5.41, 5.74) is 2.72. The molecule has 0 amide bonds. The lowest BCUT2D eigenvalue weighted by atomic mass is 9.95. The third-order valence-corrected chi connectivity index (χ3v) is 4.31. The molecule has 0 radical (unpaired) electrons. The van der Waals surface area contributed by atoms with Gasteiger partial charge in [-0.1, -0.05) is 6.92 Å². The first-order chi connectivity index (χ1) is 9.40. The number of nitrogens with one attached hydrogen (secondary N) is 1. The van der Waals surface area contributed by atoms with Gasteiger partial charge in [0.05, 0.1) is 0 Å². The standard InChI is InChI=1S/C15H24N4/c1-2-9-19(12-7-8-16-10-12)15-13-5-3-4-6-14(13)17-11-18-15/h11-12,16H,2-10H2,1H3. The van der Waals surface area contributed by atoms with Gasteiger partial charge >= 0.3 is 0 Å². The summed E-state index contributed by atoms with van der Waals surface area (Å²) in [4.78, 5) is 11.7. The Morgan fingerprint density at radius 1 is 1.32 bits per heavy atom. The molecule has 1 unspecified atom stereocenters. The lowest BCUT2D eigenvalue weighted by Gasteiger charge is -2.32. The van der Waals surface area contributed by atoms with Crippen LogP contribution >= 0.6 is 0 Å². The minimum atomic E-state index is 0.612. The van der Waals surface area contributed by atoms with Gasteiger partial charge in [0, 0.05) is 30.4 Å². The molecule has 104 valence electrons. The maximum atomic E-state index is 4.64. The molecule has 1 atom stereocenters. The Morgan fingerprint density at radius 2 is 2.21 bits per heavy atom. The number of hydrogen-bond acceptors (Lipinski definition) is 4. The van der Waals surface area contributed by atoms with E-state index in [2.05, 4.69) is 27.1 Å². The van der Waals surface area contributed by atoms with Crippen LogP contribution in [0.4, 0.5) is 5.82 Å². The molecule has 2 aliphatic rings. The van der Waals surface area contributed by atoms with Gasteiger partial charge in [-0.2, -0.15) is 0 Å². The molecule has 1 aromatic rings. The van der Waals surface area contributed by atoms with Crippen molar-refractivity contribution in [1.29, 1.82) is 0 Å². The van der Waals surface area contributed by atoms with E-state index in [1.165, 1.54) is 42.8 Å². The fourth-order valence-electron chi connectivity index (χ4n) is 3.36. The van der Waals surface area contributed by atoms with Crippen LogP contribution in [0.5, 0.6) is 0 Å². The highest BCUT2D eigenvalue weighted by Crippen LogP contribution is 2.29. The average molecular weight is 260 g/mol. The lowest BCUT2D eigenvalue weighted by Crippen LogP contribution is -2.39. The summed E-state index contributed by atoms with van der Waals surface area (Å²) < 4.78 is 0. The Bertz CT molecular complexity index is 426. The second-order valence-electron chi connectivity index (χ2n) is 5.67. The third kappa shape index (κ3) is 2.59. The van der Waals surface area contributed by atoms with Crippen molar-refractivity contribution in [3.63, 3.8) is 0 Å². The summed E-state index contributed by atoms with van der Waals surface area (Å²) in [5.74, 6) is 1.22. The van der Waals surface area contributed by atoms with E-state index in [1.807, 2.05) is 0 Å². The highest BCUT2D eigenvalue weighted by Gasteiger charge is 2.26. The summed E-state index contributed by atoms with van der Waals surface area (Å²) in [5, 5.41) is 3.48. The van der Waals surface area contributed by atoms with Gasteiger partial charge in [-0.25, -0.2) is 9.97 Å². The molecule has 1 fully saturated rings. The molecule has 1 N–H and O–H groups in total. The van der Waals surface area contributed by atoms with Crippen molar-refractivity contribution in [1.82, 2.24) is 15.3 Å². The van der Waals surface area contributed by atoms with Crippen LogP contribution in [0.2, 0.25) is 0 Å². The van der Waals surface area contributed by atoms with E-state index in [1.54, 1.807) is 6.33 Å². The summed E-state index contributed by atoms with van der Waals surface area (Å²) in [7, 11) is 0. The van der Waals surface area contributed by atoms with Crippen LogP contribution in [-0.4, -0.2) is 35.6 Å². The average Bonchev–Trinajstić information content (AvgIpc) is 2.98. The van der Waals surface area contributed by atoms with Gasteiger partial charge in [0.1, 0.15) is 12.1 Å². The number of rotatable bonds is 4. The first-order valence-corrected chi connectivity index (χ1v) is 7.70. The van der Waals surface area contributed by atoms with Crippen molar-refractivity contribution >= 4 is 5.82 Å². The molecule has 3 rings (SSSR count). The van der Waals surface area contributed by atoms with Crippen molar-refractivity contribution in [2.24, 2.45) is 0 Å². The Morgan fingerprint density at radius 3 is 3.00 bits per heavy atom. The van der Waals surface area contributed by atoms with Gasteiger partial charge in [-0.05, 0) is 45.1 Å². The zero-order chi connectivity index (χ0) is 13.1. The van der Waals surface area contributed by atoms with Crippen molar-refractivity contribution in [3.05, 3.63) is 17.6 Å². The predicted molar refractivity (Wildman–Crippen MR) is 77.6 cm³/mol. The Balaban J connectivity index is 1.92. The second-order valence-corrected chi connectivity index (χ2v) is 5.67. The number of aromatic nitrogens is 2. The van der Waals surface area contributed by atoms with E-state index in [0.717, 1.165) is 32.5 Å². The molecule has 1 aromatic heterocycles. The van der Waals surface area contributed by atoms with Crippen molar-refractivity contribution in [3.8, 4) is 0 Å². The summed E-state index contributed by atoms with van der Waals surface area (Å²) in [6, 6.07) is 0.612. The topological polar surface area (TPSA) is 41.1 Å². The van der Waals surface area contributed by atoms with Crippen molar-refractivity contribution < 1.29 is 0 Å². The second kappa shape index (κ2) is 5.87. The number of nitrogens with zero attached hydrogens (tertiary/aromatic N) is 3. The molecule has 0 aromatic carbocycles. The normalized spacial score (nSPS) is 22.3. The molecule has 4 nitrogen and oxygen atoms in total. The smallest absolute Gasteiger partial charge is 0.135 e. The van der Waals surface area contributed by atoms with Crippen LogP contribution in [0.25, 0.3) is 0 Å². The van der Waals surface area contributed by atoms with Crippen LogP contribution in [0.1, 0.15) is 43.9 Å². The summed E-state index contributed by atoms with van der Waals surface area (Å²) in [6.07, 6.45) is 9.04. The van der Waals surface area contributed by atoms with E-state index < -0.39 is 0 Å². The molecule has 0 saturated carbocycles. The number of fused-ring (bicyclic) bond motifs is 1. The van der Waals surface area contributed by atoms with Gasteiger partial charge < -0.3 is 10.2 Å². The van der Waals surface area contributed by atoms with E-state index in [-0.39, 0.29) is 0 Å². The van der Waals surface area contributed by atoms with Crippen molar-refractivity contribution in [2.45, 2.75) is 51.5 Å². The molecule has 1 saturated heterocycles. The maximum Gasteiger partial charge on any atom is 0.135 e. The largest absolute Gasteiger partial charge is 0.352 e. The fourth-order valence-corrected chi connectivity index (χ4v) is 3.36. The van der Waals surface area contributed by atoms with E-state index >= 15 is 0 Å². The van der Waals surface area contributed by atoms with Crippen LogP contribution in [0, 0.1) is 0 Å². The van der Waals surface area contributed by atoms with Crippen LogP contribution in [-0.2, 0) is 12.8 Å². The third-order valence-electron chi connectivity index (χ3n) is 4.31. The minimum absolute atomic E-state index is 0.612. The SMILES string of the molecule is CCCN(c1ncnc2c1CCCC2)C1CCNC1. The van der Waals surface area contributed by atoms with Crippen LogP contribution in [0.3, 0.4) is 0 Å². The van der Waals surface area contributed by atoms with Crippen LogP contribution < -0.4 is 10.2 Å². The van der Waals surface area contributed by atoms with Gasteiger partial charge in [0.15, 0.2) is 0 Å². The Hall–Kier alpha value is -1.16. The molecule has 19 heavy (non-hydrogen) atoms. The molecule has 1 aliphatic carbocycles. The first kappa shape index (κ1) is 12.9. The van der Waals surface area contributed by atoms with Gasteiger partial charge in [0.25, 0.3) is 0 Å². The molecule has 1 aliphatic heterocycles. The first-order valence-electron chi connectivity index (χ1n) is 7.70. The molecule has 0 bridgehead atoms. The monoisotopic (exact) mass is 260 g/mol. The highest BCUT2D eigenvalue weighted by atomic mass is 15.2. The Labute approximate surface area is 115 Å². The number of aryl methyl sites for hydroxylation is 1. The maximum absolute atomic E-state index is 4.64. The summed E-state index contributed by atoms with van der Waals surface area (Å²) in [6.45, 7) is 5.59. The minimum Gasteiger partial charge on any atom is -0.352 e. The quantitative estimate of drug-likeness (QED) is 0.898. The Kier molecular flexibility index (Phi) is 3.97. The van der Waals surface area contributed by atoms with Crippen LogP contribution in [0.15, 0.2) is 6.33 Å². The van der Waals surface area contributed by atoms with E-state index in [0.29, 0.717) is 6.04 Å². The van der Waals surface area contributed by atoms with Gasteiger partial charge in [-0.3, -0.25) is 0 Å². The molecule has 0 spiro atoms. The molecule has 2 heterocycles. The van der Waals surface area contributed by atoms with E-state index in [9.17, 15) is 0 Å². The fraction of sp³-hybridized carbons (Fsp3) is 0.733. The number of hydrogen-bond donors (Lipinski definition) is 1. The van der Waals surface area contributed by atoms with Gasteiger partial charge in [-0.15, -0.1) is 0 Å². The molecular weight excluding hydrogens is 236 g/mol. The highest BCUT2D eigenvalue weighted by molar-refractivity contribution is 5.50. The lowest BCUT2D eigenvalue weighted by molar-refractivity contribution is 0.599. The molecular formula is C15H24N4. The van der Waals surface area contributed by atoms with Crippen molar-refractivity contribution in [2.75, 3.05) is 24.5 Å². The van der Waals surface area contributed by atoms with Gasteiger partial charge in [0.2, 0.25) is 0 Å². The number of anilines is 1. The molecule has 4 heteroatoms.